The summed E-state index contributed by atoms with van der Waals surface area (Å²) < 4.78 is 5.65. The van der Waals surface area contributed by atoms with Gasteiger partial charge in [-0.15, -0.1) is 0 Å². The van der Waals surface area contributed by atoms with Crippen molar-refractivity contribution in [3.8, 4) is 5.75 Å². The Kier molecular flexibility index (Phi) is 3.53. The van der Waals surface area contributed by atoms with Gasteiger partial charge in [0.1, 0.15) is 0 Å². The average molecular weight is 289 g/mol. The highest BCUT2D eigenvalue weighted by molar-refractivity contribution is 6.15. The molecular formula is C15H19N3O3. The maximum absolute atomic E-state index is 12.5. The number of nitrogens with one attached hydrogen (secondary N) is 2. The molecule has 0 aromatic carbocycles. The summed E-state index contributed by atoms with van der Waals surface area (Å²) in [6, 6.07) is 3.53. The zero-order valence-corrected chi connectivity index (χ0v) is 12.0. The molecule has 1 aliphatic heterocycles. The van der Waals surface area contributed by atoms with E-state index >= 15 is 0 Å². The Morgan fingerprint density at radius 3 is 2.95 bits per heavy atom. The normalized spacial score (nSPS) is 25.5. The minimum absolute atomic E-state index is 0.134. The quantitative estimate of drug-likeness (QED) is 0.811. The molecule has 2 amide bonds. The fraction of sp³-hybridized carbons (Fsp3) is 0.533. The van der Waals surface area contributed by atoms with Crippen molar-refractivity contribution in [3.63, 3.8) is 0 Å². The monoisotopic (exact) mass is 289 g/mol. The molecule has 2 heterocycles. The summed E-state index contributed by atoms with van der Waals surface area (Å²) in [5, 5.41) is 5.58. The summed E-state index contributed by atoms with van der Waals surface area (Å²) in [6.07, 6.45) is 6.92. The van der Waals surface area contributed by atoms with Gasteiger partial charge in [0.2, 0.25) is 0 Å². The molecule has 0 spiro atoms. The van der Waals surface area contributed by atoms with Crippen LogP contribution in [0.25, 0.3) is 0 Å². The minimum Gasteiger partial charge on any atom is -0.464 e. The highest BCUT2D eigenvalue weighted by Gasteiger charge is 2.48. The molecule has 1 aromatic heterocycles. The number of hydrogen-bond acceptors (Lipinski definition) is 4. The smallest absolute Gasteiger partial charge is 0.279 e. The molecule has 0 saturated heterocycles. The van der Waals surface area contributed by atoms with Crippen molar-refractivity contribution < 1.29 is 14.3 Å². The Hall–Kier alpha value is -2.11. The number of hydrogen-bond donors (Lipinski definition) is 2. The predicted octanol–water partition coefficient (Wildman–Crippen LogP) is 1.62. The van der Waals surface area contributed by atoms with Crippen molar-refractivity contribution in [2.24, 2.45) is 0 Å². The van der Waals surface area contributed by atoms with E-state index in [1.54, 1.807) is 18.3 Å². The zero-order chi connectivity index (χ0) is 14.9. The summed E-state index contributed by atoms with van der Waals surface area (Å²) >= 11 is 0. The van der Waals surface area contributed by atoms with Crippen molar-refractivity contribution in [2.45, 2.75) is 50.7 Å². The van der Waals surface area contributed by atoms with Crippen LogP contribution < -0.4 is 15.4 Å². The molecule has 0 bridgehead atoms. The molecule has 6 heteroatoms. The highest BCUT2D eigenvalue weighted by atomic mass is 16.5. The molecule has 0 radical (unpaired) electrons. The molecule has 1 atom stereocenters. The van der Waals surface area contributed by atoms with Crippen molar-refractivity contribution in [2.75, 3.05) is 5.32 Å². The Labute approximate surface area is 123 Å². The molecule has 1 fully saturated rings. The Bertz CT molecular complexity index is 569. The summed E-state index contributed by atoms with van der Waals surface area (Å²) in [6.45, 7) is 1.50. The second-order valence-corrected chi connectivity index (χ2v) is 5.75. The summed E-state index contributed by atoms with van der Waals surface area (Å²) in [5.41, 5.74) is -1.55. The van der Waals surface area contributed by atoms with E-state index in [2.05, 4.69) is 15.6 Å². The van der Waals surface area contributed by atoms with Gasteiger partial charge in [0.05, 0.1) is 0 Å². The van der Waals surface area contributed by atoms with Crippen LogP contribution in [-0.4, -0.2) is 28.4 Å². The first-order chi connectivity index (χ1) is 10.1. The van der Waals surface area contributed by atoms with Crippen LogP contribution in [-0.2, 0) is 9.59 Å². The molecule has 21 heavy (non-hydrogen) atoms. The van der Waals surface area contributed by atoms with Gasteiger partial charge in [0, 0.05) is 12.2 Å². The largest absolute Gasteiger partial charge is 0.464 e. The lowest BCUT2D eigenvalue weighted by Crippen LogP contribution is -2.60. The first-order valence-corrected chi connectivity index (χ1v) is 7.36. The SMILES string of the molecule is C[C@]1(C(=O)NC2CCCCC2)Oc2cccnc2NC1=O. The van der Waals surface area contributed by atoms with Crippen LogP contribution in [0.15, 0.2) is 18.3 Å². The summed E-state index contributed by atoms with van der Waals surface area (Å²) in [5.74, 6) is -0.104. The van der Waals surface area contributed by atoms with Crippen LogP contribution in [0.5, 0.6) is 5.75 Å². The van der Waals surface area contributed by atoms with Crippen LogP contribution in [0.4, 0.5) is 5.82 Å². The van der Waals surface area contributed by atoms with E-state index in [1.807, 2.05) is 0 Å². The lowest BCUT2D eigenvalue weighted by atomic mass is 9.94. The third-order valence-electron chi connectivity index (χ3n) is 4.12. The van der Waals surface area contributed by atoms with Gasteiger partial charge < -0.3 is 15.4 Å². The molecule has 1 saturated carbocycles. The first kappa shape index (κ1) is 13.9. The molecule has 1 aliphatic carbocycles. The second kappa shape index (κ2) is 5.35. The second-order valence-electron chi connectivity index (χ2n) is 5.75. The van der Waals surface area contributed by atoms with E-state index in [-0.39, 0.29) is 11.9 Å². The molecular weight excluding hydrogens is 270 g/mol. The van der Waals surface area contributed by atoms with Gasteiger partial charge in [-0.1, -0.05) is 19.3 Å². The number of pyridine rings is 1. The number of amides is 2. The number of carbonyl (C=O) groups is 2. The molecule has 112 valence electrons. The predicted molar refractivity (Wildman–Crippen MR) is 76.9 cm³/mol. The average Bonchev–Trinajstić information content (AvgIpc) is 2.49. The maximum Gasteiger partial charge on any atom is 0.279 e. The maximum atomic E-state index is 12.5. The van der Waals surface area contributed by atoms with Crippen LogP contribution in [0.2, 0.25) is 0 Å². The van der Waals surface area contributed by atoms with Gasteiger partial charge >= 0.3 is 0 Å². The Morgan fingerprint density at radius 1 is 1.43 bits per heavy atom. The number of rotatable bonds is 2. The van der Waals surface area contributed by atoms with E-state index in [0.29, 0.717) is 11.6 Å². The number of carbonyl (C=O) groups excluding carboxylic acids is 2. The lowest BCUT2D eigenvalue weighted by Gasteiger charge is -2.34. The van der Waals surface area contributed by atoms with E-state index in [1.165, 1.54) is 13.3 Å². The zero-order valence-electron chi connectivity index (χ0n) is 12.0. The topological polar surface area (TPSA) is 80.3 Å². The lowest BCUT2D eigenvalue weighted by molar-refractivity contribution is -0.147. The van der Waals surface area contributed by atoms with E-state index in [4.69, 9.17) is 4.74 Å². The van der Waals surface area contributed by atoms with Gasteiger partial charge in [-0.3, -0.25) is 9.59 Å². The summed E-state index contributed by atoms with van der Waals surface area (Å²) in [7, 11) is 0. The van der Waals surface area contributed by atoms with E-state index in [0.717, 1.165) is 25.7 Å². The van der Waals surface area contributed by atoms with Crippen LogP contribution in [0.3, 0.4) is 0 Å². The summed E-state index contributed by atoms with van der Waals surface area (Å²) in [4.78, 5) is 28.7. The number of fused-ring (bicyclic) bond motifs is 1. The van der Waals surface area contributed by atoms with Crippen molar-refractivity contribution in [1.82, 2.24) is 10.3 Å². The highest BCUT2D eigenvalue weighted by Crippen LogP contribution is 2.31. The minimum atomic E-state index is -1.55. The van der Waals surface area contributed by atoms with E-state index in [9.17, 15) is 9.59 Å². The van der Waals surface area contributed by atoms with Crippen LogP contribution >= 0.6 is 0 Å². The van der Waals surface area contributed by atoms with Gasteiger partial charge in [-0.2, -0.15) is 0 Å². The number of nitrogens with zero attached hydrogens (tertiary/aromatic N) is 1. The first-order valence-electron chi connectivity index (χ1n) is 7.36. The molecule has 2 aliphatic rings. The third-order valence-corrected chi connectivity index (χ3v) is 4.12. The Balaban J connectivity index is 1.76. The van der Waals surface area contributed by atoms with Crippen LogP contribution in [0, 0.1) is 0 Å². The van der Waals surface area contributed by atoms with Crippen molar-refractivity contribution in [3.05, 3.63) is 18.3 Å². The molecule has 1 aromatic rings. The number of aromatic nitrogens is 1. The number of ether oxygens (including phenoxy) is 1. The molecule has 0 unspecified atom stereocenters. The Morgan fingerprint density at radius 2 is 2.19 bits per heavy atom. The fourth-order valence-electron chi connectivity index (χ4n) is 2.78. The van der Waals surface area contributed by atoms with E-state index < -0.39 is 11.5 Å². The van der Waals surface area contributed by atoms with Crippen molar-refractivity contribution >= 4 is 17.6 Å². The molecule has 2 N–H and O–H groups in total. The fourth-order valence-corrected chi connectivity index (χ4v) is 2.78. The van der Waals surface area contributed by atoms with Crippen LogP contribution in [0.1, 0.15) is 39.0 Å². The van der Waals surface area contributed by atoms with Gasteiger partial charge in [0.15, 0.2) is 11.6 Å². The molecule has 3 rings (SSSR count). The molecule has 6 nitrogen and oxygen atoms in total. The standard InChI is InChI=1S/C15H19N3O3/c1-15(13(19)17-10-6-3-2-4-7-10)14(20)18-12-11(21-15)8-5-9-16-12/h5,8-10H,2-4,6-7H2,1H3,(H,17,19)(H,16,18,20)/t15-/m1/s1. The van der Waals surface area contributed by atoms with Gasteiger partial charge in [0.25, 0.3) is 17.4 Å². The third kappa shape index (κ3) is 2.57. The van der Waals surface area contributed by atoms with Gasteiger partial charge in [-0.05, 0) is 31.9 Å². The van der Waals surface area contributed by atoms with Gasteiger partial charge in [-0.25, -0.2) is 4.98 Å². The number of anilines is 1. The van der Waals surface area contributed by atoms with Crippen molar-refractivity contribution in [1.29, 1.82) is 0 Å².